The van der Waals surface area contributed by atoms with Crippen molar-refractivity contribution in [3.05, 3.63) is 47.8 Å². The maximum absolute atomic E-state index is 12.3. The summed E-state index contributed by atoms with van der Waals surface area (Å²) in [5, 5.41) is 0. The van der Waals surface area contributed by atoms with Gasteiger partial charge >= 0.3 is 12.1 Å². The van der Waals surface area contributed by atoms with E-state index in [1.54, 1.807) is 20.8 Å². The number of hydrogen-bond acceptors (Lipinski definition) is 6. The molecule has 2 fully saturated rings. The molecule has 206 valence electrons. The SMILES string of the molecule is CC(C)(C)C(=O)OCCOC(=O)O[C@H]1CC[C@@]2(C)C(=CC[C@@H]3[C@@H]2CC[C@]2(C)C(c4cccnc4)=CC[C@@H]32)C1. The fourth-order valence-corrected chi connectivity index (χ4v) is 7.91. The Morgan fingerprint density at radius 3 is 2.50 bits per heavy atom. The fourth-order valence-electron chi connectivity index (χ4n) is 7.91. The third-order valence-electron chi connectivity index (χ3n) is 10.0. The molecule has 0 radical (unpaired) electrons. The summed E-state index contributed by atoms with van der Waals surface area (Å²) in [4.78, 5) is 28.6. The number of esters is 1. The minimum absolute atomic E-state index is 0.00671. The molecular formula is C32H43NO5. The molecule has 6 heteroatoms. The van der Waals surface area contributed by atoms with Crippen molar-refractivity contribution in [2.75, 3.05) is 13.2 Å². The molecule has 0 unspecified atom stereocenters. The van der Waals surface area contributed by atoms with Gasteiger partial charge < -0.3 is 14.2 Å². The minimum atomic E-state index is -0.673. The van der Waals surface area contributed by atoms with E-state index in [0.717, 1.165) is 32.1 Å². The Hall–Kier alpha value is -2.63. The first-order chi connectivity index (χ1) is 18.0. The van der Waals surface area contributed by atoms with Crippen molar-refractivity contribution in [1.82, 2.24) is 4.98 Å². The number of rotatable bonds is 5. The monoisotopic (exact) mass is 521 g/mol. The molecule has 0 bridgehead atoms. The molecule has 1 heterocycles. The standard InChI is InChI=1S/C32H43NO5/c1-30(2,3)28(34)36-17-18-37-29(35)38-23-12-14-31(4)22(19-23)8-9-24-26-11-10-25(21-7-6-16-33-20-21)32(26,5)15-13-27(24)31/h6-8,10,16,20,23-24,26-27H,9,11-15,17-19H2,1-5H3/t23-,24-,26-,27-,31-,32+/m0/s1. The first-order valence-corrected chi connectivity index (χ1v) is 14.3. The lowest BCUT2D eigenvalue weighted by Gasteiger charge is -2.57. The van der Waals surface area contributed by atoms with E-state index in [9.17, 15) is 9.59 Å². The summed E-state index contributed by atoms with van der Waals surface area (Å²) in [6.07, 6.45) is 15.4. The van der Waals surface area contributed by atoms with E-state index >= 15 is 0 Å². The maximum Gasteiger partial charge on any atom is 0.508 e. The third kappa shape index (κ3) is 4.91. The zero-order valence-corrected chi connectivity index (χ0v) is 23.6. The minimum Gasteiger partial charge on any atom is -0.462 e. The van der Waals surface area contributed by atoms with Crippen molar-refractivity contribution >= 4 is 17.7 Å². The Morgan fingerprint density at radius 1 is 1.00 bits per heavy atom. The second kappa shape index (κ2) is 10.2. The molecule has 1 aromatic heterocycles. The molecule has 4 aliphatic carbocycles. The lowest BCUT2D eigenvalue weighted by molar-refractivity contribution is -0.154. The molecule has 2 saturated carbocycles. The van der Waals surface area contributed by atoms with Gasteiger partial charge in [-0.3, -0.25) is 9.78 Å². The molecule has 0 amide bonds. The van der Waals surface area contributed by atoms with Gasteiger partial charge in [-0.25, -0.2) is 4.79 Å². The second-order valence-electron chi connectivity index (χ2n) is 13.3. The summed E-state index contributed by atoms with van der Waals surface area (Å²) in [7, 11) is 0. The van der Waals surface area contributed by atoms with Crippen molar-refractivity contribution < 1.29 is 23.8 Å². The highest BCUT2D eigenvalue weighted by molar-refractivity contribution is 5.75. The molecule has 5 rings (SSSR count). The fraction of sp³-hybridized carbons (Fsp3) is 0.656. The Labute approximate surface area is 227 Å². The quantitative estimate of drug-likeness (QED) is 0.233. The lowest BCUT2D eigenvalue weighted by Crippen LogP contribution is -2.50. The highest BCUT2D eigenvalue weighted by Crippen LogP contribution is 2.66. The summed E-state index contributed by atoms with van der Waals surface area (Å²) in [5.74, 6) is 1.72. The van der Waals surface area contributed by atoms with Crippen molar-refractivity contribution in [2.24, 2.45) is 34.0 Å². The van der Waals surface area contributed by atoms with Gasteiger partial charge in [0, 0.05) is 18.8 Å². The number of nitrogens with zero attached hydrogens (tertiary/aromatic N) is 1. The normalized spacial score (nSPS) is 34.1. The van der Waals surface area contributed by atoms with Crippen LogP contribution in [0.5, 0.6) is 0 Å². The zero-order chi connectivity index (χ0) is 27.1. The van der Waals surface area contributed by atoms with E-state index in [1.807, 2.05) is 18.5 Å². The zero-order valence-electron chi connectivity index (χ0n) is 23.6. The van der Waals surface area contributed by atoms with Crippen LogP contribution in [-0.2, 0) is 19.0 Å². The molecule has 0 aliphatic heterocycles. The molecule has 0 saturated heterocycles. The van der Waals surface area contributed by atoms with E-state index < -0.39 is 11.6 Å². The van der Waals surface area contributed by atoms with Crippen LogP contribution in [0, 0.1) is 34.0 Å². The van der Waals surface area contributed by atoms with Gasteiger partial charge in [0.05, 0.1) is 5.41 Å². The largest absolute Gasteiger partial charge is 0.508 e. The summed E-state index contributed by atoms with van der Waals surface area (Å²) in [5.41, 5.74) is 4.06. The predicted octanol–water partition coefficient (Wildman–Crippen LogP) is 7.15. The Balaban J connectivity index is 1.18. The Bertz CT molecular complexity index is 1120. The summed E-state index contributed by atoms with van der Waals surface area (Å²) in [6, 6.07) is 4.26. The van der Waals surface area contributed by atoms with E-state index in [0.29, 0.717) is 17.8 Å². The lowest BCUT2D eigenvalue weighted by atomic mass is 9.47. The van der Waals surface area contributed by atoms with Crippen LogP contribution < -0.4 is 0 Å². The second-order valence-corrected chi connectivity index (χ2v) is 13.3. The van der Waals surface area contributed by atoms with Crippen LogP contribution in [0.4, 0.5) is 4.79 Å². The van der Waals surface area contributed by atoms with E-state index in [-0.39, 0.29) is 36.1 Å². The van der Waals surface area contributed by atoms with Gasteiger partial charge in [0.2, 0.25) is 0 Å². The van der Waals surface area contributed by atoms with E-state index in [4.69, 9.17) is 14.2 Å². The van der Waals surface area contributed by atoms with Crippen molar-refractivity contribution in [2.45, 2.75) is 85.7 Å². The highest BCUT2D eigenvalue weighted by atomic mass is 16.7. The Kier molecular flexibility index (Phi) is 7.21. The van der Waals surface area contributed by atoms with Gasteiger partial charge in [-0.1, -0.05) is 37.6 Å². The van der Waals surface area contributed by atoms with Crippen LogP contribution in [0.1, 0.15) is 85.1 Å². The topological polar surface area (TPSA) is 74.7 Å². The summed E-state index contributed by atoms with van der Waals surface area (Å²) in [6.45, 7) is 10.4. The molecule has 0 N–H and O–H groups in total. The molecule has 0 spiro atoms. The van der Waals surface area contributed by atoms with Gasteiger partial charge in [-0.05, 0) is 105 Å². The van der Waals surface area contributed by atoms with Crippen molar-refractivity contribution in [3.8, 4) is 0 Å². The van der Waals surface area contributed by atoms with Crippen LogP contribution in [-0.4, -0.2) is 36.4 Å². The van der Waals surface area contributed by atoms with Crippen molar-refractivity contribution in [1.29, 1.82) is 0 Å². The average molecular weight is 522 g/mol. The average Bonchev–Trinajstić information content (AvgIpc) is 3.24. The third-order valence-corrected chi connectivity index (χ3v) is 10.0. The number of carbonyl (C=O) groups is 2. The smallest absolute Gasteiger partial charge is 0.462 e. The molecule has 38 heavy (non-hydrogen) atoms. The van der Waals surface area contributed by atoms with E-state index in [1.165, 1.54) is 29.6 Å². The molecule has 1 aromatic rings. The number of allylic oxidation sites excluding steroid dienone is 3. The first-order valence-electron chi connectivity index (χ1n) is 14.3. The van der Waals surface area contributed by atoms with Crippen LogP contribution in [0.3, 0.4) is 0 Å². The van der Waals surface area contributed by atoms with Gasteiger partial charge in [-0.15, -0.1) is 0 Å². The molecule has 6 atom stereocenters. The number of ether oxygens (including phenoxy) is 3. The number of hydrogen-bond donors (Lipinski definition) is 0. The molecule has 4 aliphatic rings. The number of aromatic nitrogens is 1. The number of fused-ring (bicyclic) bond motifs is 5. The van der Waals surface area contributed by atoms with Crippen molar-refractivity contribution in [3.63, 3.8) is 0 Å². The van der Waals surface area contributed by atoms with E-state index in [2.05, 4.69) is 37.0 Å². The van der Waals surface area contributed by atoms with Crippen LogP contribution >= 0.6 is 0 Å². The van der Waals surface area contributed by atoms with Crippen LogP contribution in [0.2, 0.25) is 0 Å². The molecule has 0 aromatic carbocycles. The van der Waals surface area contributed by atoms with Crippen LogP contribution in [0.25, 0.3) is 5.57 Å². The number of carbonyl (C=O) groups excluding carboxylic acids is 2. The predicted molar refractivity (Wildman–Crippen MR) is 146 cm³/mol. The highest BCUT2D eigenvalue weighted by Gasteiger charge is 2.57. The molecular weight excluding hydrogens is 478 g/mol. The summed E-state index contributed by atoms with van der Waals surface area (Å²) < 4.78 is 16.0. The number of pyridine rings is 1. The van der Waals surface area contributed by atoms with Gasteiger partial charge in [-0.2, -0.15) is 0 Å². The first kappa shape index (κ1) is 27.0. The van der Waals surface area contributed by atoms with Gasteiger partial charge in [0.15, 0.2) is 0 Å². The molecule has 6 nitrogen and oxygen atoms in total. The van der Waals surface area contributed by atoms with Crippen LogP contribution in [0.15, 0.2) is 42.3 Å². The summed E-state index contributed by atoms with van der Waals surface area (Å²) >= 11 is 0. The maximum atomic E-state index is 12.3. The Morgan fingerprint density at radius 2 is 1.76 bits per heavy atom. The van der Waals surface area contributed by atoms with Gasteiger partial charge in [0.1, 0.15) is 19.3 Å². The van der Waals surface area contributed by atoms with Gasteiger partial charge in [0.25, 0.3) is 0 Å².